The number of esters is 1. The number of aryl methyl sites for hydroxylation is 1. The first-order valence-electron chi connectivity index (χ1n) is 6.59. The topological polar surface area (TPSA) is 76.1 Å². The number of nitriles is 1. The number of anilines is 1. The van der Waals surface area contributed by atoms with Crippen molar-refractivity contribution in [3.8, 4) is 6.07 Å². The Labute approximate surface area is 117 Å². The van der Waals surface area contributed by atoms with Crippen molar-refractivity contribution in [1.82, 2.24) is 0 Å². The van der Waals surface area contributed by atoms with Crippen molar-refractivity contribution in [3.05, 3.63) is 16.0 Å². The SMILES string of the molecule is CCOC(=O)C1(CC)CCCc2sc(N)c(C#N)c21. The van der Waals surface area contributed by atoms with Crippen LogP contribution in [0.2, 0.25) is 0 Å². The molecule has 19 heavy (non-hydrogen) atoms. The van der Waals surface area contributed by atoms with E-state index in [0.717, 1.165) is 29.7 Å². The van der Waals surface area contributed by atoms with Gasteiger partial charge in [0.1, 0.15) is 11.1 Å². The molecule has 2 rings (SSSR count). The number of hydrogen-bond acceptors (Lipinski definition) is 5. The molecule has 1 atom stereocenters. The van der Waals surface area contributed by atoms with Crippen LogP contribution in [0.1, 0.15) is 49.1 Å². The fourth-order valence-electron chi connectivity index (χ4n) is 2.94. The maximum absolute atomic E-state index is 12.4. The minimum atomic E-state index is -0.678. The molecule has 0 amide bonds. The van der Waals surface area contributed by atoms with E-state index in [0.29, 0.717) is 23.6 Å². The lowest BCUT2D eigenvalue weighted by molar-refractivity contribution is -0.151. The predicted octanol–water partition coefficient (Wildman–Crippen LogP) is 2.75. The highest BCUT2D eigenvalue weighted by atomic mass is 32.1. The first-order valence-corrected chi connectivity index (χ1v) is 7.41. The van der Waals surface area contributed by atoms with Crippen molar-refractivity contribution in [3.63, 3.8) is 0 Å². The molecular formula is C14H18N2O2S. The monoisotopic (exact) mass is 278 g/mol. The van der Waals surface area contributed by atoms with E-state index >= 15 is 0 Å². The summed E-state index contributed by atoms with van der Waals surface area (Å²) in [5, 5.41) is 9.85. The molecule has 5 heteroatoms. The first kappa shape index (κ1) is 13.9. The van der Waals surface area contributed by atoms with E-state index in [1.165, 1.54) is 11.3 Å². The van der Waals surface area contributed by atoms with Gasteiger partial charge in [-0.15, -0.1) is 11.3 Å². The number of fused-ring (bicyclic) bond motifs is 1. The summed E-state index contributed by atoms with van der Waals surface area (Å²) < 4.78 is 5.26. The molecule has 1 heterocycles. The Hall–Kier alpha value is -1.54. The molecule has 0 aromatic carbocycles. The minimum Gasteiger partial charge on any atom is -0.465 e. The van der Waals surface area contributed by atoms with Crippen LogP contribution < -0.4 is 5.73 Å². The third kappa shape index (κ3) is 2.00. The van der Waals surface area contributed by atoms with Gasteiger partial charge < -0.3 is 10.5 Å². The van der Waals surface area contributed by atoms with Gasteiger partial charge in [0.25, 0.3) is 0 Å². The Bertz CT molecular complexity index is 544. The highest BCUT2D eigenvalue weighted by molar-refractivity contribution is 7.16. The smallest absolute Gasteiger partial charge is 0.316 e. The quantitative estimate of drug-likeness (QED) is 0.862. The number of ether oxygens (including phenoxy) is 1. The second kappa shape index (κ2) is 5.22. The van der Waals surface area contributed by atoms with Crippen LogP contribution in [0, 0.1) is 11.3 Å². The molecule has 1 unspecified atom stereocenters. The van der Waals surface area contributed by atoms with Gasteiger partial charge in [0, 0.05) is 10.4 Å². The molecule has 1 aromatic rings. The van der Waals surface area contributed by atoms with E-state index in [2.05, 4.69) is 6.07 Å². The zero-order chi connectivity index (χ0) is 14.0. The van der Waals surface area contributed by atoms with Crippen LogP contribution in [0.25, 0.3) is 0 Å². The number of hydrogen-bond donors (Lipinski definition) is 1. The first-order chi connectivity index (χ1) is 9.10. The molecule has 4 nitrogen and oxygen atoms in total. The second-order valence-corrected chi connectivity index (χ2v) is 5.90. The van der Waals surface area contributed by atoms with Crippen LogP contribution in [-0.4, -0.2) is 12.6 Å². The van der Waals surface area contributed by atoms with Crippen LogP contribution in [0.15, 0.2) is 0 Å². The maximum atomic E-state index is 12.4. The fourth-order valence-corrected chi connectivity index (χ4v) is 4.10. The molecule has 1 aliphatic rings. The summed E-state index contributed by atoms with van der Waals surface area (Å²) in [6.07, 6.45) is 3.21. The summed E-state index contributed by atoms with van der Waals surface area (Å²) in [7, 11) is 0. The van der Waals surface area contributed by atoms with Gasteiger partial charge in [-0.25, -0.2) is 0 Å². The molecule has 0 aliphatic heterocycles. The minimum absolute atomic E-state index is 0.215. The van der Waals surface area contributed by atoms with E-state index in [9.17, 15) is 10.1 Å². The summed E-state index contributed by atoms with van der Waals surface area (Å²) in [4.78, 5) is 13.5. The zero-order valence-corrected chi connectivity index (χ0v) is 12.1. The Morgan fingerprint density at radius 1 is 1.58 bits per heavy atom. The van der Waals surface area contributed by atoms with Gasteiger partial charge in [-0.2, -0.15) is 5.26 Å². The van der Waals surface area contributed by atoms with Crippen molar-refractivity contribution in [1.29, 1.82) is 5.26 Å². The van der Waals surface area contributed by atoms with Crippen molar-refractivity contribution in [2.75, 3.05) is 12.3 Å². The molecule has 0 fully saturated rings. The second-order valence-electron chi connectivity index (χ2n) is 4.76. The largest absolute Gasteiger partial charge is 0.465 e. The van der Waals surface area contributed by atoms with Gasteiger partial charge in [0.05, 0.1) is 17.6 Å². The van der Waals surface area contributed by atoms with Crippen LogP contribution in [-0.2, 0) is 21.4 Å². The van der Waals surface area contributed by atoms with Crippen molar-refractivity contribution < 1.29 is 9.53 Å². The van der Waals surface area contributed by atoms with Gasteiger partial charge in [-0.1, -0.05) is 6.92 Å². The molecule has 2 N–H and O–H groups in total. The number of nitrogens with zero attached hydrogens (tertiary/aromatic N) is 1. The fraction of sp³-hybridized carbons (Fsp3) is 0.571. The van der Waals surface area contributed by atoms with Gasteiger partial charge >= 0.3 is 5.97 Å². The molecule has 0 radical (unpaired) electrons. The number of nitrogens with two attached hydrogens (primary N) is 1. The predicted molar refractivity (Wildman–Crippen MR) is 75.0 cm³/mol. The summed E-state index contributed by atoms with van der Waals surface area (Å²) >= 11 is 1.44. The van der Waals surface area contributed by atoms with Crippen LogP contribution in [0.5, 0.6) is 0 Å². The van der Waals surface area contributed by atoms with Crippen molar-refractivity contribution in [2.45, 2.75) is 44.9 Å². The van der Waals surface area contributed by atoms with E-state index in [1.54, 1.807) is 6.92 Å². The number of thiophene rings is 1. The molecule has 1 aromatic heterocycles. The lowest BCUT2D eigenvalue weighted by Gasteiger charge is -2.34. The molecule has 1 aliphatic carbocycles. The number of carbonyl (C=O) groups excluding carboxylic acids is 1. The van der Waals surface area contributed by atoms with Crippen LogP contribution >= 0.6 is 11.3 Å². The summed E-state index contributed by atoms with van der Waals surface area (Å²) in [5.74, 6) is -0.215. The van der Waals surface area contributed by atoms with Crippen molar-refractivity contribution in [2.24, 2.45) is 0 Å². The lowest BCUT2D eigenvalue weighted by Crippen LogP contribution is -2.40. The van der Waals surface area contributed by atoms with Crippen LogP contribution in [0.3, 0.4) is 0 Å². The number of rotatable bonds is 3. The molecule has 0 bridgehead atoms. The summed E-state index contributed by atoms with van der Waals surface area (Å²) in [6.45, 7) is 4.14. The zero-order valence-electron chi connectivity index (χ0n) is 11.3. The molecule has 0 saturated carbocycles. The number of nitrogen functional groups attached to an aromatic ring is 1. The van der Waals surface area contributed by atoms with E-state index < -0.39 is 5.41 Å². The molecule has 102 valence electrons. The van der Waals surface area contributed by atoms with E-state index in [-0.39, 0.29) is 5.97 Å². The number of carbonyl (C=O) groups is 1. The Balaban J connectivity index is 2.62. The highest BCUT2D eigenvalue weighted by Gasteiger charge is 2.46. The molecular weight excluding hydrogens is 260 g/mol. The van der Waals surface area contributed by atoms with Gasteiger partial charge in [0.15, 0.2) is 0 Å². The van der Waals surface area contributed by atoms with Crippen molar-refractivity contribution >= 4 is 22.3 Å². The van der Waals surface area contributed by atoms with Gasteiger partial charge in [-0.3, -0.25) is 4.79 Å². The Morgan fingerprint density at radius 3 is 2.89 bits per heavy atom. The van der Waals surface area contributed by atoms with Gasteiger partial charge in [-0.05, 0) is 32.6 Å². The Morgan fingerprint density at radius 2 is 2.32 bits per heavy atom. The average molecular weight is 278 g/mol. The van der Waals surface area contributed by atoms with Crippen LogP contribution in [0.4, 0.5) is 5.00 Å². The molecule has 0 saturated heterocycles. The third-order valence-corrected chi connectivity index (χ3v) is 4.95. The highest BCUT2D eigenvalue weighted by Crippen LogP contribution is 2.47. The normalized spacial score (nSPS) is 21.5. The summed E-state index contributed by atoms with van der Waals surface area (Å²) in [5.41, 5.74) is 6.57. The van der Waals surface area contributed by atoms with E-state index in [4.69, 9.17) is 10.5 Å². The Kier molecular flexibility index (Phi) is 3.81. The average Bonchev–Trinajstić information content (AvgIpc) is 2.74. The standard InChI is InChI=1S/C14H18N2O2S/c1-3-14(13(17)18-4-2)7-5-6-10-11(14)9(8-15)12(16)19-10/h3-7,16H2,1-2H3. The van der Waals surface area contributed by atoms with E-state index in [1.807, 2.05) is 6.92 Å². The third-order valence-electron chi connectivity index (χ3n) is 3.88. The maximum Gasteiger partial charge on any atom is 0.316 e. The molecule has 0 spiro atoms. The summed E-state index contributed by atoms with van der Waals surface area (Å²) in [6, 6.07) is 2.17. The van der Waals surface area contributed by atoms with Gasteiger partial charge in [0.2, 0.25) is 0 Å². The lowest BCUT2D eigenvalue weighted by atomic mass is 9.69.